The van der Waals surface area contributed by atoms with Crippen molar-refractivity contribution in [3.63, 3.8) is 0 Å². The van der Waals surface area contributed by atoms with E-state index in [1.807, 2.05) is 0 Å². The summed E-state index contributed by atoms with van der Waals surface area (Å²) >= 11 is 0. The molecule has 2 rings (SSSR count). The molecular weight excluding hydrogens is 308 g/mol. The first-order valence-electron chi connectivity index (χ1n) is 8.99. The Morgan fingerprint density at radius 1 is 1.21 bits per heavy atom. The van der Waals surface area contributed by atoms with E-state index in [1.165, 1.54) is 6.21 Å². The van der Waals surface area contributed by atoms with Gasteiger partial charge in [0.25, 0.3) is 0 Å². The van der Waals surface area contributed by atoms with Crippen LogP contribution in [0, 0.1) is 5.92 Å². The zero-order valence-corrected chi connectivity index (χ0v) is 14.4. The van der Waals surface area contributed by atoms with Crippen molar-refractivity contribution < 1.29 is 14.4 Å². The highest BCUT2D eigenvalue weighted by molar-refractivity contribution is 6.23. The second-order valence-corrected chi connectivity index (χ2v) is 6.64. The number of hydrogen-bond donors (Lipinski definition) is 2. The number of barbiturate groups is 1. The summed E-state index contributed by atoms with van der Waals surface area (Å²) in [6.07, 6.45) is 9.17. The molecule has 2 aliphatic rings. The van der Waals surface area contributed by atoms with E-state index in [4.69, 9.17) is 5.73 Å². The maximum Gasteiger partial charge on any atom is 0.330 e. The molecule has 134 valence electrons. The van der Waals surface area contributed by atoms with Crippen molar-refractivity contribution in [3.8, 4) is 0 Å². The summed E-state index contributed by atoms with van der Waals surface area (Å²) in [4.78, 5) is 41.9. The minimum Gasteiger partial charge on any atom is -0.326 e. The van der Waals surface area contributed by atoms with Crippen LogP contribution in [0.2, 0.25) is 0 Å². The zero-order chi connectivity index (χ0) is 17.5. The monoisotopic (exact) mass is 336 g/mol. The average molecular weight is 336 g/mol. The number of nitrogens with one attached hydrogen (secondary N) is 1. The molecule has 2 fully saturated rings. The Morgan fingerprint density at radius 2 is 1.96 bits per heavy atom. The standard InChI is InChI=1S/C17H28N4O3/c1-2-3-4-7-10-21-16(23)12(15(22)20-17(21)24)11-19-14-9-6-5-8-13(14)18/h11-14H,2-10,18H2,1H3,(H,20,22,24)/t12-,13-,14+/m0/s1. The highest BCUT2D eigenvalue weighted by Gasteiger charge is 2.39. The first kappa shape index (κ1) is 18.6. The van der Waals surface area contributed by atoms with Crippen molar-refractivity contribution in [1.29, 1.82) is 0 Å². The highest BCUT2D eigenvalue weighted by atomic mass is 16.2. The van der Waals surface area contributed by atoms with E-state index in [0.29, 0.717) is 6.54 Å². The summed E-state index contributed by atoms with van der Waals surface area (Å²) in [5.41, 5.74) is 6.04. The topological polar surface area (TPSA) is 105 Å². The number of unbranched alkanes of at least 4 members (excludes halogenated alkanes) is 3. The molecule has 3 N–H and O–H groups in total. The normalized spacial score (nSPS) is 28.5. The molecule has 7 nitrogen and oxygen atoms in total. The SMILES string of the molecule is CCCCCCN1C(=O)NC(=O)[C@H](C=N[C@@H]2CCCC[C@@H]2N)C1=O. The van der Waals surface area contributed by atoms with Gasteiger partial charge in [-0.05, 0) is 19.3 Å². The zero-order valence-electron chi connectivity index (χ0n) is 14.4. The summed E-state index contributed by atoms with van der Waals surface area (Å²) in [5, 5.41) is 2.25. The Bertz CT molecular complexity index is 506. The van der Waals surface area contributed by atoms with Gasteiger partial charge in [-0.3, -0.25) is 24.8 Å². The largest absolute Gasteiger partial charge is 0.330 e. The van der Waals surface area contributed by atoms with E-state index in [0.717, 1.165) is 56.3 Å². The van der Waals surface area contributed by atoms with Gasteiger partial charge in [0.15, 0.2) is 5.92 Å². The van der Waals surface area contributed by atoms with E-state index < -0.39 is 23.8 Å². The lowest BCUT2D eigenvalue weighted by molar-refractivity contribution is -0.139. The average Bonchev–Trinajstić information content (AvgIpc) is 2.55. The van der Waals surface area contributed by atoms with Crippen LogP contribution in [0.5, 0.6) is 0 Å². The number of rotatable bonds is 7. The first-order chi connectivity index (χ1) is 11.5. The van der Waals surface area contributed by atoms with Crippen LogP contribution in [-0.4, -0.2) is 47.6 Å². The molecule has 0 spiro atoms. The molecule has 0 bridgehead atoms. The third-order valence-electron chi connectivity index (χ3n) is 4.73. The quantitative estimate of drug-likeness (QED) is 0.418. The number of hydrogen-bond acceptors (Lipinski definition) is 5. The van der Waals surface area contributed by atoms with Crippen LogP contribution in [0.25, 0.3) is 0 Å². The van der Waals surface area contributed by atoms with Crippen LogP contribution < -0.4 is 11.1 Å². The molecule has 1 saturated carbocycles. The fourth-order valence-electron chi connectivity index (χ4n) is 3.19. The second-order valence-electron chi connectivity index (χ2n) is 6.64. The Labute approximate surface area is 143 Å². The number of carbonyl (C=O) groups is 3. The van der Waals surface area contributed by atoms with Crippen LogP contribution in [0.15, 0.2) is 4.99 Å². The molecule has 1 aliphatic carbocycles. The summed E-state index contributed by atoms with van der Waals surface area (Å²) in [6.45, 7) is 2.44. The minimum absolute atomic E-state index is 0.0245. The molecule has 7 heteroatoms. The molecule has 0 aromatic heterocycles. The predicted octanol–water partition coefficient (Wildman–Crippen LogP) is 1.60. The molecular formula is C17H28N4O3. The lowest BCUT2D eigenvalue weighted by Crippen LogP contribution is -2.58. The molecule has 3 atom stereocenters. The summed E-state index contributed by atoms with van der Waals surface area (Å²) in [6, 6.07) is -0.695. The van der Waals surface area contributed by atoms with Crippen LogP contribution in [0.1, 0.15) is 58.3 Å². The van der Waals surface area contributed by atoms with E-state index in [-0.39, 0.29) is 12.1 Å². The Balaban J connectivity index is 1.98. The van der Waals surface area contributed by atoms with Gasteiger partial charge in [-0.15, -0.1) is 0 Å². The van der Waals surface area contributed by atoms with Gasteiger partial charge in [0, 0.05) is 18.8 Å². The van der Waals surface area contributed by atoms with Gasteiger partial charge < -0.3 is 5.73 Å². The molecule has 1 aliphatic heterocycles. The predicted molar refractivity (Wildman–Crippen MR) is 91.6 cm³/mol. The van der Waals surface area contributed by atoms with Crippen molar-refractivity contribution in [2.24, 2.45) is 16.6 Å². The number of aliphatic imine (C=N–C) groups is 1. The molecule has 1 saturated heterocycles. The molecule has 0 aromatic rings. The number of urea groups is 1. The third-order valence-corrected chi connectivity index (χ3v) is 4.73. The fourth-order valence-corrected chi connectivity index (χ4v) is 3.19. The molecule has 0 aromatic carbocycles. The van der Waals surface area contributed by atoms with E-state index >= 15 is 0 Å². The molecule has 1 heterocycles. The summed E-state index contributed by atoms with van der Waals surface area (Å²) in [7, 11) is 0. The molecule has 0 unspecified atom stereocenters. The summed E-state index contributed by atoms with van der Waals surface area (Å²) < 4.78 is 0. The van der Waals surface area contributed by atoms with Gasteiger partial charge in [0.05, 0.1) is 6.04 Å². The number of carbonyl (C=O) groups excluding carboxylic acids is 3. The third kappa shape index (κ3) is 4.63. The van der Waals surface area contributed by atoms with Crippen molar-refractivity contribution in [1.82, 2.24) is 10.2 Å². The van der Waals surface area contributed by atoms with Gasteiger partial charge in [-0.25, -0.2) is 4.79 Å². The van der Waals surface area contributed by atoms with Crippen molar-refractivity contribution >= 4 is 24.1 Å². The summed E-state index contributed by atoms with van der Waals surface area (Å²) in [5.74, 6) is -2.10. The Hall–Kier alpha value is -1.76. The fraction of sp³-hybridized carbons (Fsp3) is 0.765. The van der Waals surface area contributed by atoms with E-state index in [2.05, 4.69) is 17.2 Å². The maximum atomic E-state index is 12.5. The van der Waals surface area contributed by atoms with Gasteiger partial charge in [-0.2, -0.15) is 0 Å². The maximum absolute atomic E-state index is 12.5. The van der Waals surface area contributed by atoms with Crippen LogP contribution in [0.3, 0.4) is 0 Å². The number of nitrogens with two attached hydrogens (primary N) is 1. The van der Waals surface area contributed by atoms with Gasteiger partial charge >= 0.3 is 6.03 Å². The lowest BCUT2D eigenvalue weighted by Gasteiger charge is -2.29. The number of imide groups is 2. The van der Waals surface area contributed by atoms with Gasteiger partial charge in [0.2, 0.25) is 11.8 Å². The van der Waals surface area contributed by atoms with Crippen LogP contribution in [0.4, 0.5) is 4.79 Å². The van der Waals surface area contributed by atoms with Crippen LogP contribution >= 0.6 is 0 Å². The molecule has 0 radical (unpaired) electrons. The number of amides is 4. The lowest BCUT2D eigenvalue weighted by atomic mass is 9.91. The minimum atomic E-state index is -1.02. The van der Waals surface area contributed by atoms with Crippen molar-refractivity contribution in [2.75, 3.05) is 6.54 Å². The van der Waals surface area contributed by atoms with E-state index in [1.54, 1.807) is 0 Å². The second kappa shape index (κ2) is 8.92. The first-order valence-corrected chi connectivity index (χ1v) is 8.99. The van der Waals surface area contributed by atoms with Crippen molar-refractivity contribution in [2.45, 2.75) is 70.4 Å². The van der Waals surface area contributed by atoms with Crippen molar-refractivity contribution in [3.05, 3.63) is 0 Å². The van der Waals surface area contributed by atoms with E-state index in [9.17, 15) is 14.4 Å². The van der Waals surface area contributed by atoms with Gasteiger partial charge in [0.1, 0.15) is 0 Å². The highest BCUT2D eigenvalue weighted by Crippen LogP contribution is 2.20. The van der Waals surface area contributed by atoms with Crippen LogP contribution in [-0.2, 0) is 9.59 Å². The Kier molecular flexibility index (Phi) is 6.90. The smallest absolute Gasteiger partial charge is 0.326 e. The van der Waals surface area contributed by atoms with Gasteiger partial charge in [-0.1, -0.05) is 39.0 Å². The Morgan fingerprint density at radius 3 is 2.67 bits per heavy atom. The molecule has 4 amide bonds. The molecule has 24 heavy (non-hydrogen) atoms. The number of nitrogens with zero attached hydrogens (tertiary/aromatic N) is 2.